The lowest BCUT2D eigenvalue weighted by molar-refractivity contribution is -0.138. The van der Waals surface area contributed by atoms with E-state index in [1.165, 1.54) is 35.1 Å². The minimum Gasteiger partial charge on any atom is -0.493 e. The monoisotopic (exact) mass is 766 g/mol. The van der Waals surface area contributed by atoms with Gasteiger partial charge in [-0.25, -0.2) is 14.2 Å². The third kappa shape index (κ3) is 6.84. The Balaban J connectivity index is 1.48. The molecule has 244 valence electrons. The molecule has 1 atom stereocenters. The van der Waals surface area contributed by atoms with Gasteiger partial charge in [0.1, 0.15) is 12.4 Å². The number of methoxy groups -OCH3 is 1. The van der Waals surface area contributed by atoms with Gasteiger partial charge in [-0.05, 0) is 76.5 Å². The van der Waals surface area contributed by atoms with Gasteiger partial charge in [-0.1, -0.05) is 83.1 Å². The second-order valence-corrected chi connectivity index (χ2v) is 13.2. The number of nitrogens with zero attached hydrogens (tertiary/aromatic N) is 2. The van der Waals surface area contributed by atoms with E-state index in [9.17, 15) is 14.0 Å². The zero-order valence-electron chi connectivity index (χ0n) is 25.5. The Bertz CT molecular complexity index is 2240. The number of benzene rings is 4. The molecular formula is C36H26BrCl2FN2O5S. The molecule has 12 heteroatoms. The minimum atomic E-state index is -0.921. The highest BCUT2D eigenvalue weighted by atomic mass is 79.9. The van der Waals surface area contributed by atoms with E-state index in [2.05, 4.69) is 15.9 Å². The van der Waals surface area contributed by atoms with Gasteiger partial charge in [0.15, 0.2) is 16.3 Å². The first-order valence-corrected chi connectivity index (χ1v) is 17.0. The number of esters is 1. The van der Waals surface area contributed by atoms with Crippen molar-refractivity contribution in [1.29, 1.82) is 0 Å². The van der Waals surface area contributed by atoms with Crippen LogP contribution < -0.4 is 24.4 Å². The second kappa shape index (κ2) is 14.5. The van der Waals surface area contributed by atoms with Gasteiger partial charge in [0, 0.05) is 21.2 Å². The highest BCUT2D eigenvalue weighted by Crippen LogP contribution is 2.38. The Labute approximate surface area is 297 Å². The molecule has 1 aliphatic rings. The Morgan fingerprint density at radius 3 is 2.50 bits per heavy atom. The summed E-state index contributed by atoms with van der Waals surface area (Å²) in [5.74, 6) is -0.189. The summed E-state index contributed by atoms with van der Waals surface area (Å²) in [6.45, 7) is 1.99. The molecule has 4 aromatic carbocycles. The molecule has 0 unspecified atom stereocenters. The van der Waals surface area contributed by atoms with E-state index >= 15 is 0 Å². The Hall–Kier alpha value is -4.22. The molecule has 0 saturated carbocycles. The van der Waals surface area contributed by atoms with Crippen molar-refractivity contribution in [2.75, 3.05) is 13.7 Å². The lowest BCUT2D eigenvalue weighted by Crippen LogP contribution is -2.40. The third-order valence-corrected chi connectivity index (χ3v) is 9.66. The summed E-state index contributed by atoms with van der Waals surface area (Å²) in [6, 6.07) is 22.7. The van der Waals surface area contributed by atoms with Crippen LogP contribution in [0.25, 0.3) is 11.8 Å². The van der Waals surface area contributed by atoms with Crippen molar-refractivity contribution in [3.63, 3.8) is 0 Å². The quantitative estimate of drug-likeness (QED) is 0.144. The van der Waals surface area contributed by atoms with Crippen LogP contribution >= 0.6 is 50.5 Å². The molecule has 0 N–H and O–H groups in total. The van der Waals surface area contributed by atoms with E-state index in [-0.39, 0.29) is 24.3 Å². The molecule has 48 heavy (non-hydrogen) atoms. The molecule has 7 nitrogen and oxygen atoms in total. The predicted octanol–water partition coefficient (Wildman–Crippen LogP) is 7.73. The number of hydrogen-bond acceptors (Lipinski definition) is 7. The van der Waals surface area contributed by atoms with Gasteiger partial charge in [-0.2, -0.15) is 0 Å². The van der Waals surface area contributed by atoms with Crippen LogP contribution in [0.2, 0.25) is 10.0 Å². The summed E-state index contributed by atoms with van der Waals surface area (Å²) in [6.07, 6.45) is 1.72. The van der Waals surface area contributed by atoms with Gasteiger partial charge in [0.2, 0.25) is 0 Å². The molecule has 0 amide bonds. The summed E-state index contributed by atoms with van der Waals surface area (Å²) in [5, 5.41) is 1.000. The normalized spacial score (nSPS) is 14.4. The number of fused-ring (bicyclic) bond motifs is 1. The van der Waals surface area contributed by atoms with Crippen molar-refractivity contribution in [1.82, 2.24) is 4.57 Å². The lowest BCUT2D eigenvalue weighted by atomic mass is 9.93. The van der Waals surface area contributed by atoms with Crippen molar-refractivity contribution in [2.45, 2.75) is 19.6 Å². The molecule has 0 spiro atoms. The van der Waals surface area contributed by atoms with Gasteiger partial charge in [0.25, 0.3) is 5.56 Å². The number of carbonyl (C=O) groups is 1. The molecule has 0 aliphatic carbocycles. The van der Waals surface area contributed by atoms with E-state index in [0.29, 0.717) is 57.7 Å². The second-order valence-electron chi connectivity index (χ2n) is 10.5. The van der Waals surface area contributed by atoms with Crippen LogP contribution in [0, 0.1) is 5.82 Å². The predicted molar refractivity (Wildman–Crippen MR) is 189 cm³/mol. The maximum absolute atomic E-state index is 14.2. The van der Waals surface area contributed by atoms with Crippen molar-refractivity contribution >= 4 is 68.2 Å². The molecule has 0 fully saturated rings. The van der Waals surface area contributed by atoms with Crippen LogP contribution in [0.4, 0.5) is 4.39 Å². The number of ether oxygens (including phenoxy) is 3. The fourth-order valence-corrected chi connectivity index (χ4v) is 7.34. The zero-order valence-corrected chi connectivity index (χ0v) is 29.4. The van der Waals surface area contributed by atoms with Gasteiger partial charge in [0.05, 0.1) is 40.0 Å². The van der Waals surface area contributed by atoms with Crippen molar-refractivity contribution in [2.24, 2.45) is 4.99 Å². The number of carbonyl (C=O) groups excluding carboxylic acids is 1. The molecule has 5 aromatic rings. The van der Waals surface area contributed by atoms with Crippen LogP contribution in [-0.4, -0.2) is 24.3 Å². The summed E-state index contributed by atoms with van der Waals surface area (Å²) in [7, 11) is 1.52. The van der Waals surface area contributed by atoms with Crippen molar-refractivity contribution < 1.29 is 23.4 Å². The number of thiazole rings is 1. The minimum absolute atomic E-state index is 0.119. The molecule has 1 aromatic heterocycles. The van der Waals surface area contributed by atoms with Gasteiger partial charge in [-0.15, -0.1) is 0 Å². The van der Waals surface area contributed by atoms with E-state index in [1.54, 1.807) is 55.5 Å². The molecule has 1 aliphatic heterocycles. The average Bonchev–Trinajstić information content (AvgIpc) is 3.38. The van der Waals surface area contributed by atoms with Gasteiger partial charge >= 0.3 is 5.97 Å². The fraction of sp³-hybridized carbons (Fsp3) is 0.139. The third-order valence-electron chi connectivity index (χ3n) is 7.50. The molecule has 6 rings (SSSR count). The van der Waals surface area contributed by atoms with E-state index < -0.39 is 17.8 Å². The zero-order chi connectivity index (χ0) is 33.9. The van der Waals surface area contributed by atoms with Crippen LogP contribution in [-0.2, 0) is 16.1 Å². The Morgan fingerprint density at radius 1 is 1.06 bits per heavy atom. The molecular weight excluding hydrogens is 742 g/mol. The van der Waals surface area contributed by atoms with E-state index in [4.69, 9.17) is 42.4 Å². The van der Waals surface area contributed by atoms with Gasteiger partial charge in [-0.3, -0.25) is 9.36 Å². The number of hydrogen-bond donors (Lipinski definition) is 0. The van der Waals surface area contributed by atoms with Gasteiger partial charge < -0.3 is 14.2 Å². The number of rotatable bonds is 9. The average molecular weight is 768 g/mol. The Morgan fingerprint density at radius 2 is 1.81 bits per heavy atom. The topological polar surface area (TPSA) is 79.1 Å². The SMILES string of the molecule is CCOC(=O)C1=C(c2ccccc2)N=c2s/c(=C\c3cc(Br)c(OCc4ccc(Cl)cc4Cl)c(OC)c3)c(=O)n2[C@@H]1c1ccc(F)cc1. The summed E-state index contributed by atoms with van der Waals surface area (Å²) in [5.41, 5.74) is 2.77. The highest BCUT2D eigenvalue weighted by molar-refractivity contribution is 9.10. The summed E-state index contributed by atoms with van der Waals surface area (Å²) < 4.78 is 33.7. The number of aromatic nitrogens is 1. The molecule has 0 saturated heterocycles. The number of halogens is 4. The maximum atomic E-state index is 14.2. The van der Waals surface area contributed by atoms with Crippen molar-refractivity contribution in [3.05, 3.63) is 153 Å². The van der Waals surface area contributed by atoms with Crippen molar-refractivity contribution in [3.8, 4) is 11.5 Å². The van der Waals surface area contributed by atoms with Crippen LogP contribution in [0.3, 0.4) is 0 Å². The summed E-state index contributed by atoms with van der Waals surface area (Å²) in [4.78, 5) is 33.0. The van der Waals surface area contributed by atoms with Crippen LogP contribution in [0.15, 0.2) is 105 Å². The molecule has 0 radical (unpaired) electrons. The first kappa shape index (κ1) is 33.7. The molecule has 0 bridgehead atoms. The lowest BCUT2D eigenvalue weighted by Gasteiger charge is -2.25. The first-order valence-electron chi connectivity index (χ1n) is 14.7. The highest BCUT2D eigenvalue weighted by Gasteiger charge is 2.35. The smallest absolute Gasteiger partial charge is 0.338 e. The maximum Gasteiger partial charge on any atom is 0.338 e. The van der Waals surface area contributed by atoms with Crippen LogP contribution in [0.1, 0.15) is 35.2 Å². The van der Waals surface area contributed by atoms with E-state index in [0.717, 1.165) is 5.56 Å². The largest absolute Gasteiger partial charge is 0.493 e. The first-order chi connectivity index (χ1) is 23.2. The van der Waals surface area contributed by atoms with E-state index in [1.807, 2.05) is 30.3 Å². The summed E-state index contributed by atoms with van der Waals surface area (Å²) >= 11 is 17.1. The van der Waals surface area contributed by atoms with Crippen LogP contribution in [0.5, 0.6) is 11.5 Å². The standard InChI is InChI=1S/C36H26BrCl2FN2O5S/c1-3-46-35(44)30-31(21-7-5-4-6-8-21)41-36-42(32(30)22-10-13-25(40)14-11-22)34(43)29(48-36)17-20-15-26(37)33(28(16-20)45-2)47-19-23-9-12-24(38)18-27(23)39/h4-18,32H,3,19H2,1-2H3/b29-17-/t32-/m1/s1. The fourth-order valence-electron chi connectivity index (χ4n) is 5.30. The molecule has 2 heterocycles. The Kier molecular flexibility index (Phi) is 10.2.